The third kappa shape index (κ3) is 3.54. The number of nitrogens with zero attached hydrogens (tertiary/aromatic N) is 2. The van der Waals surface area contributed by atoms with Crippen LogP contribution in [0.2, 0.25) is 0 Å². The molecule has 1 aromatic heterocycles. The zero-order chi connectivity index (χ0) is 14.7. The number of aromatic nitrogens is 2. The highest BCUT2D eigenvalue weighted by atomic mass is 15.2. The van der Waals surface area contributed by atoms with Crippen molar-refractivity contribution in [2.24, 2.45) is 10.9 Å². The van der Waals surface area contributed by atoms with Gasteiger partial charge in [0.05, 0.1) is 11.0 Å². The Balaban J connectivity index is 1.58. The van der Waals surface area contributed by atoms with Crippen LogP contribution >= 0.6 is 0 Å². The molecule has 2 unspecified atom stereocenters. The first-order valence-corrected chi connectivity index (χ1v) is 7.74. The van der Waals surface area contributed by atoms with Crippen LogP contribution < -0.4 is 10.6 Å². The Bertz CT molecular complexity index is 597. The largest absolute Gasteiger partial charge is 0.357 e. The molecule has 0 radical (unpaired) electrons. The Labute approximate surface area is 125 Å². The molecular weight excluding hydrogens is 262 g/mol. The first-order valence-electron chi connectivity index (χ1n) is 7.74. The Morgan fingerprint density at radius 3 is 2.95 bits per heavy atom. The highest BCUT2D eigenvalue weighted by molar-refractivity contribution is 5.80. The fourth-order valence-electron chi connectivity index (χ4n) is 2.42. The van der Waals surface area contributed by atoms with E-state index in [2.05, 4.69) is 45.5 Å². The van der Waals surface area contributed by atoms with E-state index >= 15 is 0 Å². The van der Waals surface area contributed by atoms with Gasteiger partial charge >= 0.3 is 0 Å². The minimum absolute atomic E-state index is 0.592. The Morgan fingerprint density at radius 1 is 1.43 bits per heavy atom. The van der Waals surface area contributed by atoms with Crippen molar-refractivity contribution in [1.82, 2.24) is 20.6 Å². The van der Waals surface area contributed by atoms with Gasteiger partial charge in [0.2, 0.25) is 0 Å². The predicted molar refractivity (Wildman–Crippen MR) is 86.5 cm³/mol. The molecule has 1 fully saturated rings. The topological polar surface area (TPSA) is 65.1 Å². The molecule has 112 valence electrons. The summed E-state index contributed by atoms with van der Waals surface area (Å²) in [5, 5.41) is 6.76. The zero-order valence-electron chi connectivity index (χ0n) is 12.7. The highest BCUT2D eigenvalue weighted by Crippen LogP contribution is 2.28. The number of benzene rings is 1. The lowest BCUT2D eigenvalue weighted by atomic mass is 10.3. The van der Waals surface area contributed by atoms with Crippen LogP contribution in [0.4, 0.5) is 0 Å². The second-order valence-electron chi connectivity index (χ2n) is 5.68. The number of rotatable bonds is 5. The Hall–Kier alpha value is -2.04. The summed E-state index contributed by atoms with van der Waals surface area (Å²) in [6, 6.07) is 8.70. The third-order valence-electron chi connectivity index (χ3n) is 3.83. The third-order valence-corrected chi connectivity index (χ3v) is 3.83. The van der Waals surface area contributed by atoms with Crippen LogP contribution in [0.3, 0.4) is 0 Å². The smallest absolute Gasteiger partial charge is 0.191 e. The standard InChI is InChI=1S/C16H23N5/c1-3-17-16(21-14-10-11(14)2)18-9-8-15-19-12-6-4-5-7-13(12)20-15/h4-7,11,14H,3,8-10H2,1-2H3,(H,19,20)(H2,17,18,21). The lowest BCUT2D eigenvalue weighted by Gasteiger charge is -2.10. The van der Waals surface area contributed by atoms with Crippen LogP contribution in [0.15, 0.2) is 29.3 Å². The predicted octanol–water partition coefficient (Wildman–Crippen LogP) is 2.07. The van der Waals surface area contributed by atoms with E-state index in [1.165, 1.54) is 6.42 Å². The number of imidazole rings is 1. The Morgan fingerprint density at radius 2 is 2.24 bits per heavy atom. The minimum atomic E-state index is 0.592. The summed E-state index contributed by atoms with van der Waals surface area (Å²) in [5.41, 5.74) is 2.11. The van der Waals surface area contributed by atoms with Crippen molar-refractivity contribution < 1.29 is 0 Å². The van der Waals surface area contributed by atoms with Crippen molar-refractivity contribution in [2.75, 3.05) is 13.1 Å². The zero-order valence-corrected chi connectivity index (χ0v) is 12.7. The van der Waals surface area contributed by atoms with Gasteiger partial charge in [0.1, 0.15) is 5.82 Å². The number of para-hydroxylation sites is 2. The average Bonchev–Trinajstić information content (AvgIpc) is 3.01. The molecular formula is C16H23N5. The molecule has 5 nitrogen and oxygen atoms in total. The summed E-state index contributed by atoms with van der Waals surface area (Å²) in [4.78, 5) is 12.5. The summed E-state index contributed by atoms with van der Waals surface area (Å²) in [6.45, 7) is 5.97. The lowest BCUT2D eigenvalue weighted by molar-refractivity contribution is 0.762. The molecule has 0 aliphatic heterocycles. The molecule has 5 heteroatoms. The maximum absolute atomic E-state index is 4.63. The second-order valence-corrected chi connectivity index (χ2v) is 5.68. The van der Waals surface area contributed by atoms with Gasteiger partial charge < -0.3 is 15.6 Å². The normalized spacial score (nSPS) is 21.5. The summed E-state index contributed by atoms with van der Waals surface area (Å²) in [7, 11) is 0. The lowest BCUT2D eigenvalue weighted by Crippen LogP contribution is -2.39. The summed E-state index contributed by atoms with van der Waals surface area (Å²) in [6.07, 6.45) is 2.07. The van der Waals surface area contributed by atoms with Crippen LogP contribution in [-0.4, -0.2) is 35.1 Å². The number of hydrogen-bond donors (Lipinski definition) is 3. The van der Waals surface area contributed by atoms with Crippen LogP contribution in [-0.2, 0) is 6.42 Å². The molecule has 0 spiro atoms. The monoisotopic (exact) mass is 285 g/mol. The minimum Gasteiger partial charge on any atom is -0.357 e. The fraction of sp³-hybridized carbons (Fsp3) is 0.500. The SMILES string of the molecule is CCNC(=NCCc1nc2ccccc2[nH]1)NC1CC1C. The van der Waals surface area contributed by atoms with E-state index < -0.39 is 0 Å². The molecule has 0 bridgehead atoms. The first-order chi connectivity index (χ1) is 10.3. The van der Waals surface area contributed by atoms with E-state index in [1.54, 1.807) is 0 Å². The first kappa shape index (κ1) is 13.9. The van der Waals surface area contributed by atoms with E-state index in [0.717, 1.165) is 48.2 Å². The van der Waals surface area contributed by atoms with Gasteiger partial charge in [-0.25, -0.2) is 4.98 Å². The van der Waals surface area contributed by atoms with E-state index in [-0.39, 0.29) is 0 Å². The quantitative estimate of drug-likeness (QED) is 0.582. The maximum atomic E-state index is 4.63. The fourth-order valence-corrected chi connectivity index (χ4v) is 2.42. The summed E-state index contributed by atoms with van der Waals surface area (Å²) in [5.74, 6) is 2.68. The van der Waals surface area contributed by atoms with Gasteiger partial charge in [-0.1, -0.05) is 19.1 Å². The molecule has 2 atom stereocenters. The molecule has 21 heavy (non-hydrogen) atoms. The van der Waals surface area contributed by atoms with Crippen molar-refractivity contribution in [3.05, 3.63) is 30.1 Å². The average molecular weight is 285 g/mol. The van der Waals surface area contributed by atoms with Crippen molar-refractivity contribution in [3.63, 3.8) is 0 Å². The number of guanidine groups is 1. The van der Waals surface area contributed by atoms with Crippen molar-refractivity contribution >= 4 is 17.0 Å². The molecule has 0 saturated heterocycles. The molecule has 3 rings (SSSR count). The van der Waals surface area contributed by atoms with Gasteiger partial charge in [0, 0.05) is 25.6 Å². The molecule has 1 aliphatic carbocycles. The van der Waals surface area contributed by atoms with Gasteiger partial charge in [-0.05, 0) is 31.4 Å². The molecule has 0 amide bonds. The van der Waals surface area contributed by atoms with Crippen LogP contribution in [0.25, 0.3) is 11.0 Å². The number of aliphatic imine (C=N–C) groups is 1. The van der Waals surface area contributed by atoms with Crippen LogP contribution in [0.1, 0.15) is 26.1 Å². The number of hydrogen-bond acceptors (Lipinski definition) is 2. The number of fused-ring (bicyclic) bond motifs is 1. The summed E-state index contributed by atoms with van der Waals surface area (Å²) >= 11 is 0. The van der Waals surface area contributed by atoms with Crippen molar-refractivity contribution in [2.45, 2.75) is 32.7 Å². The number of nitrogens with one attached hydrogen (secondary N) is 3. The number of aromatic amines is 1. The van der Waals surface area contributed by atoms with E-state index in [9.17, 15) is 0 Å². The van der Waals surface area contributed by atoms with Gasteiger partial charge in [-0.2, -0.15) is 0 Å². The van der Waals surface area contributed by atoms with Gasteiger partial charge in [0.15, 0.2) is 5.96 Å². The van der Waals surface area contributed by atoms with Gasteiger partial charge in [-0.3, -0.25) is 4.99 Å². The van der Waals surface area contributed by atoms with Crippen LogP contribution in [0, 0.1) is 5.92 Å². The van der Waals surface area contributed by atoms with Crippen molar-refractivity contribution in [1.29, 1.82) is 0 Å². The Kier molecular flexibility index (Phi) is 4.08. The second kappa shape index (κ2) is 6.16. The molecule has 1 aliphatic rings. The van der Waals surface area contributed by atoms with E-state index in [1.807, 2.05) is 18.2 Å². The number of H-pyrrole nitrogens is 1. The molecule has 2 aromatic rings. The molecule has 1 heterocycles. The maximum Gasteiger partial charge on any atom is 0.191 e. The van der Waals surface area contributed by atoms with Crippen molar-refractivity contribution in [3.8, 4) is 0 Å². The highest BCUT2D eigenvalue weighted by Gasteiger charge is 2.33. The van der Waals surface area contributed by atoms with E-state index in [4.69, 9.17) is 0 Å². The van der Waals surface area contributed by atoms with Gasteiger partial charge in [-0.15, -0.1) is 0 Å². The molecule has 3 N–H and O–H groups in total. The van der Waals surface area contributed by atoms with Crippen LogP contribution in [0.5, 0.6) is 0 Å². The van der Waals surface area contributed by atoms with E-state index in [0.29, 0.717) is 6.04 Å². The summed E-state index contributed by atoms with van der Waals surface area (Å²) < 4.78 is 0. The van der Waals surface area contributed by atoms with Gasteiger partial charge in [0.25, 0.3) is 0 Å². The molecule has 1 saturated carbocycles. The molecule has 1 aromatic carbocycles.